The lowest BCUT2D eigenvalue weighted by molar-refractivity contribution is 0.0926. The summed E-state index contributed by atoms with van der Waals surface area (Å²) >= 11 is 0. The Bertz CT molecular complexity index is 848. The second-order valence-corrected chi connectivity index (χ2v) is 8.97. The average molecular weight is 397 g/mol. The first-order valence-electron chi connectivity index (χ1n) is 10.7. The fraction of sp³-hybridized carbons (Fsp3) is 0.591. The van der Waals surface area contributed by atoms with E-state index in [1.807, 2.05) is 31.4 Å². The molecule has 0 spiro atoms. The smallest absolute Gasteiger partial charge is 0.270 e. The van der Waals surface area contributed by atoms with Crippen molar-refractivity contribution in [1.82, 2.24) is 25.0 Å². The Balaban J connectivity index is 1.37. The van der Waals surface area contributed by atoms with Gasteiger partial charge in [0.2, 0.25) is 0 Å². The first kappa shape index (κ1) is 19.9. The Labute approximate surface area is 173 Å². The number of aromatic nitrogens is 3. The van der Waals surface area contributed by atoms with Crippen molar-refractivity contribution < 1.29 is 4.79 Å². The standard InChI is InChI=1S/C22H32N6O/c1-17(2)16-27-10-12-28(13-11-27)19-4-8-23-20(14-19)21(29)24-22(6-7-22)15-18-5-9-26(3)25-18/h4-5,8-9,14,17H,6-7,10-13,15-16H2,1-3H3,(H,24,29). The van der Waals surface area contributed by atoms with Crippen molar-refractivity contribution in [3.8, 4) is 0 Å². The Morgan fingerprint density at radius 3 is 2.59 bits per heavy atom. The van der Waals surface area contributed by atoms with E-state index in [-0.39, 0.29) is 11.4 Å². The fourth-order valence-electron chi connectivity index (χ4n) is 4.15. The van der Waals surface area contributed by atoms with Crippen molar-refractivity contribution in [3.05, 3.63) is 42.0 Å². The minimum Gasteiger partial charge on any atom is -0.369 e. The molecule has 1 saturated carbocycles. The van der Waals surface area contributed by atoms with E-state index in [9.17, 15) is 4.79 Å². The molecule has 1 N–H and O–H groups in total. The van der Waals surface area contributed by atoms with Crippen LogP contribution >= 0.6 is 0 Å². The highest BCUT2D eigenvalue weighted by Crippen LogP contribution is 2.38. The molecule has 1 aliphatic heterocycles. The summed E-state index contributed by atoms with van der Waals surface area (Å²) in [6.07, 6.45) is 6.46. The van der Waals surface area contributed by atoms with E-state index in [0.717, 1.165) is 63.4 Å². The van der Waals surface area contributed by atoms with Gasteiger partial charge in [0.15, 0.2) is 0 Å². The van der Waals surface area contributed by atoms with Gasteiger partial charge in [-0.15, -0.1) is 0 Å². The average Bonchev–Trinajstić information content (AvgIpc) is 3.32. The van der Waals surface area contributed by atoms with Gasteiger partial charge in [0, 0.05) is 69.8 Å². The van der Waals surface area contributed by atoms with Crippen LogP contribution in [0, 0.1) is 5.92 Å². The molecule has 1 aliphatic carbocycles. The molecule has 156 valence electrons. The predicted molar refractivity (Wildman–Crippen MR) is 114 cm³/mol. The number of rotatable bonds is 7. The van der Waals surface area contributed by atoms with Crippen LogP contribution in [0.1, 0.15) is 42.9 Å². The van der Waals surface area contributed by atoms with E-state index in [1.165, 1.54) is 0 Å². The first-order valence-corrected chi connectivity index (χ1v) is 10.7. The zero-order valence-electron chi connectivity index (χ0n) is 17.8. The van der Waals surface area contributed by atoms with Crippen molar-refractivity contribution in [2.75, 3.05) is 37.6 Å². The summed E-state index contributed by atoms with van der Waals surface area (Å²) in [7, 11) is 1.92. The van der Waals surface area contributed by atoms with Crippen molar-refractivity contribution >= 4 is 11.6 Å². The number of anilines is 1. The van der Waals surface area contributed by atoms with Crippen LogP contribution in [0.15, 0.2) is 30.6 Å². The number of amides is 1. The topological polar surface area (TPSA) is 66.3 Å². The highest BCUT2D eigenvalue weighted by Gasteiger charge is 2.44. The van der Waals surface area contributed by atoms with Crippen molar-refractivity contribution in [2.24, 2.45) is 13.0 Å². The lowest BCUT2D eigenvalue weighted by Crippen LogP contribution is -2.47. The summed E-state index contributed by atoms with van der Waals surface area (Å²) in [6.45, 7) is 9.78. The molecule has 2 aromatic heterocycles. The van der Waals surface area contributed by atoms with Crippen LogP contribution in [0.4, 0.5) is 5.69 Å². The quantitative estimate of drug-likeness (QED) is 0.776. The molecule has 29 heavy (non-hydrogen) atoms. The maximum Gasteiger partial charge on any atom is 0.270 e. The van der Waals surface area contributed by atoms with Crippen LogP contribution in [-0.4, -0.2) is 63.8 Å². The van der Waals surface area contributed by atoms with Gasteiger partial charge in [-0.1, -0.05) is 13.8 Å². The summed E-state index contributed by atoms with van der Waals surface area (Å²) in [4.78, 5) is 22.1. The molecule has 1 saturated heterocycles. The second-order valence-electron chi connectivity index (χ2n) is 8.97. The molecule has 3 heterocycles. The van der Waals surface area contributed by atoms with E-state index < -0.39 is 0 Å². The summed E-state index contributed by atoms with van der Waals surface area (Å²) in [5.41, 5.74) is 2.44. The number of nitrogens with zero attached hydrogens (tertiary/aromatic N) is 5. The number of hydrogen-bond acceptors (Lipinski definition) is 5. The summed E-state index contributed by atoms with van der Waals surface area (Å²) in [6, 6.07) is 5.96. The number of nitrogens with one attached hydrogen (secondary N) is 1. The molecule has 0 bridgehead atoms. The maximum absolute atomic E-state index is 12.9. The van der Waals surface area contributed by atoms with Gasteiger partial charge in [0.1, 0.15) is 5.69 Å². The SMILES string of the molecule is CC(C)CN1CCN(c2ccnc(C(=O)NC3(Cc4ccn(C)n4)CC3)c2)CC1. The van der Waals surface area contributed by atoms with Crippen LogP contribution in [0.25, 0.3) is 0 Å². The third kappa shape index (κ3) is 4.96. The number of carbonyl (C=O) groups excluding carboxylic acids is 1. The third-order valence-corrected chi connectivity index (χ3v) is 5.86. The number of hydrogen-bond donors (Lipinski definition) is 1. The van der Waals surface area contributed by atoms with E-state index in [0.29, 0.717) is 11.6 Å². The van der Waals surface area contributed by atoms with E-state index in [4.69, 9.17) is 0 Å². The maximum atomic E-state index is 12.9. The highest BCUT2D eigenvalue weighted by molar-refractivity contribution is 5.94. The predicted octanol–water partition coefficient (Wildman–Crippen LogP) is 2.10. The highest BCUT2D eigenvalue weighted by atomic mass is 16.2. The molecular weight excluding hydrogens is 364 g/mol. The lowest BCUT2D eigenvalue weighted by Gasteiger charge is -2.36. The van der Waals surface area contributed by atoms with Gasteiger partial charge in [0.25, 0.3) is 5.91 Å². The van der Waals surface area contributed by atoms with Gasteiger partial charge in [-0.3, -0.25) is 19.4 Å². The third-order valence-electron chi connectivity index (χ3n) is 5.86. The lowest BCUT2D eigenvalue weighted by atomic mass is 10.1. The van der Waals surface area contributed by atoms with Gasteiger partial charge < -0.3 is 10.2 Å². The summed E-state index contributed by atoms with van der Waals surface area (Å²) < 4.78 is 1.80. The van der Waals surface area contributed by atoms with E-state index in [2.05, 4.69) is 39.0 Å². The first-order chi connectivity index (χ1) is 13.9. The zero-order valence-corrected chi connectivity index (χ0v) is 17.8. The van der Waals surface area contributed by atoms with Crippen molar-refractivity contribution in [1.29, 1.82) is 0 Å². The van der Waals surface area contributed by atoms with E-state index in [1.54, 1.807) is 10.9 Å². The van der Waals surface area contributed by atoms with Crippen LogP contribution in [-0.2, 0) is 13.5 Å². The molecule has 7 heteroatoms. The Kier molecular flexibility index (Phi) is 5.58. The molecule has 0 atom stereocenters. The van der Waals surface area contributed by atoms with Gasteiger partial charge in [-0.2, -0.15) is 5.10 Å². The molecule has 0 radical (unpaired) electrons. The monoisotopic (exact) mass is 396 g/mol. The van der Waals surface area contributed by atoms with Crippen LogP contribution in [0.3, 0.4) is 0 Å². The molecule has 2 fully saturated rings. The Morgan fingerprint density at radius 1 is 1.21 bits per heavy atom. The fourth-order valence-corrected chi connectivity index (χ4v) is 4.15. The summed E-state index contributed by atoms with van der Waals surface area (Å²) in [5, 5.41) is 7.68. The number of piperazine rings is 1. The van der Waals surface area contributed by atoms with E-state index >= 15 is 0 Å². The van der Waals surface area contributed by atoms with Crippen LogP contribution in [0.2, 0.25) is 0 Å². The molecular formula is C22H32N6O. The number of carbonyl (C=O) groups is 1. The van der Waals surface area contributed by atoms with Crippen LogP contribution < -0.4 is 10.2 Å². The van der Waals surface area contributed by atoms with Gasteiger partial charge >= 0.3 is 0 Å². The molecule has 0 aromatic carbocycles. The number of pyridine rings is 1. The van der Waals surface area contributed by atoms with Gasteiger partial charge in [0.05, 0.1) is 5.69 Å². The van der Waals surface area contributed by atoms with Crippen LogP contribution in [0.5, 0.6) is 0 Å². The molecule has 0 unspecified atom stereocenters. The number of aryl methyl sites for hydroxylation is 1. The largest absolute Gasteiger partial charge is 0.369 e. The van der Waals surface area contributed by atoms with Gasteiger partial charge in [-0.05, 0) is 37.0 Å². The van der Waals surface area contributed by atoms with Crippen molar-refractivity contribution in [2.45, 2.75) is 38.6 Å². The Morgan fingerprint density at radius 2 is 1.97 bits per heavy atom. The van der Waals surface area contributed by atoms with Crippen molar-refractivity contribution in [3.63, 3.8) is 0 Å². The molecule has 2 aliphatic rings. The Hall–Kier alpha value is -2.41. The second kappa shape index (κ2) is 8.14. The summed E-state index contributed by atoms with van der Waals surface area (Å²) in [5.74, 6) is 0.609. The molecule has 1 amide bonds. The molecule has 7 nitrogen and oxygen atoms in total. The molecule has 2 aromatic rings. The zero-order chi connectivity index (χ0) is 20.4. The van der Waals surface area contributed by atoms with Gasteiger partial charge in [-0.25, -0.2) is 0 Å². The molecule has 4 rings (SSSR count). The normalized spacial score (nSPS) is 18.8. The minimum atomic E-state index is -0.161. The minimum absolute atomic E-state index is 0.0845.